The third-order valence-electron chi connectivity index (χ3n) is 7.84. The number of carbonyl (C=O) groups excluding carboxylic acids is 1. The maximum Gasteiger partial charge on any atom is 0.251 e. The van der Waals surface area contributed by atoms with Crippen molar-refractivity contribution in [1.82, 2.24) is 34.3 Å². The number of rotatable bonds is 8. The summed E-state index contributed by atoms with van der Waals surface area (Å²) >= 11 is 0. The molecule has 2 aliphatic heterocycles. The van der Waals surface area contributed by atoms with Crippen LogP contribution in [0.5, 0.6) is 11.5 Å². The molecule has 1 N–H and O–H groups in total. The van der Waals surface area contributed by atoms with E-state index in [0.717, 1.165) is 43.7 Å². The average Bonchev–Trinajstić information content (AvgIpc) is 3.52. The van der Waals surface area contributed by atoms with Crippen LogP contribution < -0.4 is 25.9 Å². The third-order valence-corrected chi connectivity index (χ3v) is 7.84. The molecule has 238 valence electrons. The van der Waals surface area contributed by atoms with Crippen molar-refractivity contribution in [3.63, 3.8) is 0 Å². The van der Waals surface area contributed by atoms with Gasteiger partial charge in [-0.2, -0.15) is 0 Å². The van der Waals surface area contributed by atoms with E-state index in [4.69, 9.17) is 9.47 Å². The van der Waals surface area contributed by atoms with Crippen LogP contribution in [0, 0.1) is 11.6 Å². The van der Waals surface area contributed by atoms with Crippen molar-refractivity contribution < 1.29 is 23.0 Å². The number of aromatic nitrogens is 5. The monoisotopic (exact) mass is 631 g/mol. The van der Waals surface area contributed by atoms with Crippen LogP contribution in [0.4, 0.5) is 8.78 Å². The lowest BCUT2D eigenvalue weighted by atomic mass is 10.2. The van der Waals surface area contributed by atoms with Crippen LogP contribution >= 0.6 is 0 Å². The molecule has 5 aromatic rings. The Hall–Kier alpha value is -5.08. The second-order valence-corrected chi connectivity index (χ2v) is 10.9. The normalized spacial score (nSPS) is 15.9. The van der Waals surface area contributed by atoms with Gasteiger partial charge < -0.3 is 24.2 Å². The van der Waals surface area contributed by atoms with Crippen LogP contribution in [0.25, 0.3) is 22.1 Å². The fourth-order valence-corrected chi connectivity index (χ4v) is 5.56. The van der Waals surface area contributed by atoms with Crippen LogP contribution in [0.3, 0.4) is 0 Å². The summed E-state index contributed by atoms with van der Waals surface area (Å²) in [6.45, 7) is 4.72. The smallest absolute Gasteiger partial charge is 0.251 e. The Morgan fingerprint density at radius 1 is 0.826 bits per heavy atom. The number of halogens is 2. The number of hydrogen-bond acceptors (Lipinski definition) is 10. The van der Waals surface area contributed by atoms with Crippen molar-refractivity contribution in [1.29, 1.82) is 0 Å². The Morgan fingerprint density at radius 2 is 1.48 bits per heavy atom. The molecular weight excluding hydrogens is 600 g/mol. The molecule has 7 heterocycles. The zero-order chi connectivity index (χ0) is 32.0. The molecule has 0 aromatic carbocycles. The number of hydrogen-bond donors (Lipinski definition) is 1. The predicted molar refractivity (Wildman–Crippen MR) is 165 cm³/mol. The highest BCUT2D eigenvalue weighted by molar-refractivity contribution is 5.75. The zero-order valence-electron chi connectivity index (χ0n) is 24.8. The summed E-state index contributed by atoms with van der Waals surface area (Å²) in [6.07, 6.45) is 5.56. The Labute approximate surface area is 261 Å². The molecule has 1 atom stereocenters. The molecular formula is C32H31F2N7O5. The third kappa shape index (κ3) is 7.08. The van der Waals surface area contributed by atoms with Gasteiger partial charge in [0.2, 0.25) is 0 Å². The first-order chi connectivity index (χ1) is 22.4. The molecule has 14 heteroatoms. The molecule has 46 heavy (non-hydrogen) atoms. The first-order valence-corrected chi connectivity index (χ1v) is 14.8. The van der Waals surface area contributed by atoms with E-state index in [1.165, 1.54) is 41.1 Å². The Balaban J connectivity index is 0.000000208. The van der Waals surface area contributed by atoms with Crippen LogP contribution in [-0.4, -0.2) is 74.2 Å². The Kier molecular flexibility index (Phi) is 9.36. The van der Waals surface area contributed by atoms with Gasteiger partial charge in [-0.25, -0.2) is 8.78 Å². The molecule has 0 aliphatic carbocycles. The lowest BCUT2D eigenvalue weighted by Crippen LogP contribution is -2.34. The van der Waals surface area contributed by atoms with Gasteiger partial charge in [0.15, 0.2) is 11.5 Å². The number of nitrogens with one attached hydrogen (secondary N) is 1. The first-order valence-electron chi connectivity index (χ1n) is 14.8. The molecule has 7 rings (SSSR count). The van der Waals surface area contributed by atoms with E-state index in [1.807, 2.05) is 6.07 Å². The highest BCUT2D eigenvalue weighted by atomic mass is 19.1. The first kappa shape index (κ1) is 30.9. The maximum atomic E-state index is 13.6. The summed E-state index contributed by atoms with van der Waals surface area (Å²) < 4.78 is 40.5. The zero-order valence-corrected chi connectivity index (χ0v) is 24.8. The minimum absolute atomic E-state index is 0.0959. The summed E-state index contributed by atoms with van der Waals surface area (Å²) in [6, 6.07) is 10.8. The number of ether oxygens (including phenoxy) is 2. The van der Waals surface area contributed by atoms with E-state index in [-0.39, 0.29) is 17.7 Å². The summed E-state index contributed by atoms with van der Waals surface area (Å²) in [5.74, 6) is 0.469. The highest BCUT2D eigenvalue weighted by Gasteiger charge is 2.22. The predicted octanol–water partition coefficient (Wildman–Crippen LogP) is 2.30. The minimum atomic E-state index is -0.534. The number of fused-ring (bicyclic) bond motifs is 3. The molecule has 0 saturated carbocycles. The number of likely N-dealkylation sites (tertiary alicyclic amines) is 1. The summed E-state index contributed by atoms with van der Waals surface area (Å²) in [5, 5.41) is 3.55. The van der Waals surface area contributed by atoms with Gasteiger partial charge in [0.25, 0.3) is 11.1 Å². The number of pyridine rings is 5. The summed E-state index contributed by atoms with van der Waals surface area (Å²) in [4.78, 5) is 48.7. The SMILES string of the molecule is O=CCn1c(=O)ccc2ncc(F)cc21.O=c1ccc2ncc(F)cc2n1CCN1CC[C@@H](NCc2cc3c(cn2)OCCO3)C1. The van der Waals surface area contributed by atoms with Gasteiger partial charge in [-0.05, 0) is 25.1 Å². The number of carbonyl (C=O) groups is 1. The second-order valence-electron chi connectivity index (χ2n) is 10.9. The summed E-state index contributed by atoms with van der Waals surface area (Å²) in [7, 11) is 0. The molecule has 0 amide bonds. The van der Waals surface area contributed by atoms with Crippen LogP contribution in [0.15, 0.2) is 70.6 Å². The molecule has 5 aromatic heterocycles. The van der Waals surface area contributed by atoms with Crippen molar-refractivity contribution in [3.05, 3.63) is 99.1 Å². The fraction of sp³-hybridized carbons (Fsp3) is 0.312. The summed E-state index contributed by atoms with van der Waals surface area (Å²) in [5.41, 5.74) is 2.40. The van der Waals surface area contributed by atoms with Gasteiger partial charge in [0.05, 0.1) is 52.9 Å². The van der Waals surface area contributed by atoms with E-state index in [0.29, 0.717) is 66.4 Å². The van der Waals surface area contributed by atoms with Crippen molar-refractivity contribution in [2.24, 2.45) is 0 Å². The van der Waals surface area contributed by atoms with Gasteiger partial charge in [-0.1, -0.05) is 0 Å². The molecule has 0 spiro atoms. The van der Waals surface area contributed by atoms with E-state index >= 15 is 0 Å². The lowest BCUT2D eigenvalue weighted by Gasteiger charge is -2.19. The average molecular weight is 632 g/mol. The van der Waals surface area contributed by atoms with E-state index in [1.54, 1.807) is 16.8 Å². The fourth-order valence-electron chi connectivity index (χ4n) is 5.56. The molecule has 1 fully saturated rings. The van der Waals surface area contributed by atoms with Gasteiger partial charge in [-0.3, -0.25) is 34.0 Å². The standard InChI is InChI=1S/C22H24FN5O3.C10H7FN2O2/c23-15-9-19-18(26-11-15)1-2-22(29)28(19)6-5-27-4-3-16(14-27)24-12-17-10-20-21(13-25-17)31-8-7-30-20;11-7-5-9-8(12-6-7)1-2-10(15)13(9)3-4-14/h1-2,9-11,13,16,24H,3-8,12,14H2;1-2,4-6H,3H2/t16-;/m1./s1. The Morgan fingerprint density at radius 3 is 2.17 bits per heavy atom. The van der Waals surface area contributed by atoms with Crippen LogP contribution in [0.2, 0.25) is 0 Å². The topological polar surface area (TPSA) is 133 Å². The number of nitrogens with zero attached hydrogens (tertiary/aromatic N) is 6. The van der Waals surface area contributed by atoms with E-state index < -0.39 is 11.6 Å². The highest BCUT2D eigenvalue weighted by Crippen LogP contribution is 2.29. The number of aldehydes is 1. The van der Waals surface area contributed by atoms with Gasteiger partial charge in [0, 0.05) is 62.6 Å². The minimum Gasteiger partial charge on any atom is -0.486 e. The van der Waals surface area contributed by atoms with Crippen molar-refractivity contribution >= 4 is 28.4 Å². The largest absolute Gasteiger partial charge is 0.486 e. The van der Waals surface area contributed by atoms with Gasteiger partial charge in [0.1, 0.15) is 31.1 Å². The molecule has 12 nitrogen and oxygen atoms in total. The quantitative estimate of drug-likeness (QED) is 0.255. The van der Waals surface area contributed by atoms with Crippen LogP contribution in [0.1, 0.15) is 12.1 Å². The van der Waals surface area contributed by atoms with Crippen molar-refractivity contribution in [2.75, 3.05) is 32.8 Å². The van der Waals surface area contributed by atoms with E-state index in [9.17, 15) is 23.2 Å². The second kappa shape index (κ2) is 13.9. The molecule has 0 radical (unpaired) electrons. The lowest BCUT2D eigenvalue weighted by molar-refractivity contribution is -0.108. The van der Waals surface area contributed by atoms with Crippen LogP contribution in [-0.2, 0) is 24.4 Å². The maximum absolute atomic E-state index is 13.6. The van der Waals surface area contributed by atoms with E-state index in [2.05, 4.69) is 25.2 Å². The molecule has 0 bridgehead atoms. The van der Waals surface area contributed by atoms with Crippen molar-refractivity contribution in [2.45, 2.75) is 32.1 Å². The Bertz CT molecular complexity index is 2000. The molecule has 2 aliphatic rings. The molecule has 0 unspecified atom stereocenters. The van der Waals surface area contributed by atoms with Gasteiger partial charge >= 0.3 is 0 Å². The molecule has 1 saturated heterocycles. The van der Waals surface area contributed by atoms with Crippen molar-refractivity contribution in [3.8, 4) is 11.5 Å². The van der Waals surface area contributed by atoms with Gasteiger partial charge in [-0.15, -0.1) is 0 Å².